The number of carbonyl (C=O) groups excluding carboxylic acids is 1. The average Bonchev–Trinajstić information content (AvgIpc) is 2.79. The summed E-state index contributed by atoms with van der Waals surface area (Å²) >= 11 is 0. The zero-order valence-corrected chi connectivity index (χ0v) is 18.8. The fourth-order valence-corrected chi connectivity index (χ4v) is 4.20. The molecule has 5 nitrogen and oxygen atoms in total. The highest BCUT2D eigenvalue weighted by Gasteiger charge is 2.27. The minimum absolute atomic E-state index is 0.0854. The van der Waals surface area contributed by atoms with E-state index in [2.05, 4.69) is 42.9 Å². The van der Waals surface area contributed by atoms with E-state index in [-0.39, 0.29) is 11.3 Å². The normalized spacial score (nSPS) is 15.2. The summed E-state index contributed by atoms with van der Waals surface area (Å²) in [4.78, 5) is 28.4. The number of nitrogens with zero attached hydrogens (tertiary/aromatic N) is 4. The molecule has 1 aliphatic rings. The number of hydrogen-bond acceptors (Lipinski definition) is 4. The zero-order chi connectivity index (χ0) is 22.0. The van der Waals surface area contributed by atoms with Gasteiger partial charge in [0.1, 0.15) is 5.82 Å². The van der Waals surface area contributed by atoms with Gasteiger partial charge in [-0.05, 0) is 60.6 Å². The fourth-order valence-electron chi connectivity index (χ4n) is 4.20. The number of pyridine rings is 1. The highest BCUT2D eigenvalue weighted by molar-refractivity contribution is 5.94. The number of likely N-dealkylation sites (tertiary alicyclic amines) is 1. The minimum atomic E-state index is 0.0854. The number of amides is 1. The van der Waals surface area contributed by atoms with Crippen molar-refractivity contribution in [3.05, 3.63) is 77.6 Å². The number of carbonyl (C=O) groups is 1. The molecule has 0 bridgehead atoms. The lowest BCUT2D eigenvalue weighted by Gasteiger charge is -2.32. The first-order chi connectivity index (χ1) is 14.8. The van der Waals surface area contributed by atoms with Crippen LogP contribution < -0.4 is 0 Å². The molecular weight excluding hydrogens is 384 g/mol. The molecule has 1 aliphatic heterocycles. The SMILES string of the molecule is Cc1ncc(-c2ccncc2)c(C2CCN(C(=O)c3ccc(C(C)(C)C)cc3)CC2)n1. The quantitative estimate of drug-likeness (QED) is 0.594. The second-order valence-corrected chi connectivity index (χ2v) is 9.35. The van der Waals surface area contributed by atoms with Gasteiger partial charge in [0.25, 0.3) is 5.91 Å². The molecule has 1 fully saturated rings. The van der Waals surface area contributed by atoms with Crippen molar-refractivity contribution in [2.24, 2.45) is 0 Å². The lowest BCUT2D eigenvalue weighted by atomic mass is 9.86. The van der Waals surface area contributed by atoms with Gasteiger partial charge in [-0.15, -0.1) is 0 Å². The Balaban J connectivity index is 1.48. The predicted octanol–water partition coefficient (Wildman–Crippen LogP) is 5.16. The van der Waals surface area contributed by atoms with Gasteiger partial charge in [-0.3, -0.25) is 9.78 Å². The second-order valence-electron chi connectivity index (χ2n) is 9.35. The number of hydrogen-bond donors (Lipinski definition) is 0. The number of aryl methyl sites for hydroxylation is 1. The summed E-state index contributed by atoms with van der Waals surface area (Å²) in [5.41, 5.74) is 5.33. The molecular formula is C26H30N4O. The van der Waals surface area contributed by atoms with E-state index < -0.39 is 0 Å². The van der Waals surface area contributed by atoms with Gasteiger partial charge in [0.05, 0.1) is 5.69 Å². The monoisotopic (exact) mass is 414 g/mol. The van der Waals surface area contributed by atoms with Crippen LogP contribution in [0.5, 0.6) is 0 Å². The third-order valence-corrected chi connectivity index (χ3v) is 6.10. The molecule has 31 heavy (non-hydrogen) atoms. The van der Waals surface area contributed by atoms with E-state index in [0.29, 0.717) is 5.92 Å². The van der Waals surface area contributed by atoms with E-state index in [1.165, 1.54) is 5.56 Å². The van der Waals surface area contributed by atoms with Gasteiger partial charge in [0, 0.05) is 48.7 Å². The summed E-state index contributed by atoms with van der Waals surface area (Å²) in [5, 5.41) is 0. The predicted molar refractivity (Wildman–Crippen MR) is 123 cm³/mol. The summed E-state index contributed by atoms with van der Waals surface area (Å²) in [6.45, 7) is 9.96. The van der Waals surface area contributed by atoms with E-state index in [0.717, 1.165) is 54.1 Å². The van der Waals surface area contributed by atoms with E-state index in [9.17, 15) is 4.79 Å². The molecule has 0 unspecified atom stereocenters. The molecule has 0 radical (unpaired) electrons. The smallest absolute Gasteiger partial charge is 0.253 e. The molecule has 3 heterocycles. The number of rotatable bonds is 3. The number of piperidine rings is 1. The molecule has 1 amide bonds. The average molecular weight is 415 g/mol. The van der Waals surface area contributed by atoms with Crippen LogP contribution in [0, 0.1) is 6.92 Å². The summed E-state index contributed by atoms with van der Waals surface area (Å²) in [6.07, 6.45) is 7.32. The Bertz CT molecular complexity index is 1050. The molecule has 0 atom stereocenters. The van der Waals surface area contributed by atoms with Crippen molar-refractivity contribution in [3.63, 3.8) is 0 Å². The molecule has 0 N–H and O–H groups in total. The Labute approximate surface area is 184 Å². The van der Waals surface area contributed by atoms with Gasteiger partial charge >= 0.3 is 0 Å². The van der Waals surface area contributed by atoms with Crippen molar-refractivity contribution in [1.82, 2.24) is 19.9 Å². The Morgan fingerprint density at radius 1 is 1.00 bits per heavy atom. The van der Waals surface area contributed by atoms with Gasteiger partial charge < -0.3 is 4.90 Å². The Hall–Kier alpha value is -3.08. The first kappa shape index (κ1) is 21.2. The van der Waals surface area contributed by atoms with Gasteiger partial charge in [-0.1, -0.05) is 32.9 Å². The van der Waals surface area contributed by atoms with E-state index in [4.69, 9.17) is 4.98 Å². The van der Waals surface area contributed by atoms with E-state index >= 15 is 0 Å². The maximum absolute atomic E-state index is 13.0. The van der Waals surface area contributed by atoms with Crippen LogP contribution in [0.3, 0.4) is 0 Å². The largest absolute Gasteiger partial charge is 0.339 e. The summed E-state index contributed by atoms with van der Waals surface area (Å²) in [6, 6.07) is 12.1. The van der Waals surface area contributed by atoms with Crippen LogP contribution in [-0.2, 0) is 5.41 Å². The van der Waals surface area contributed by atoms with Gasteiger partial charge in [0.15, 0.2) is 0 Å². The Morgan fingerprint density at radius 3 is 2.26 bits per heavy atom. The molecule has 2 aromatic heterocycles. The van der Waals surface area contributed by atoms with Crippen LogP contribution in [0.1, 0.15) is 67.0 Å². The van der Waals surface area contributed by atoms with Gasteiger partial charge in [-0.25, -0.2) is 9.97 Å². The van der Waals surface area contributed by atoms with Crippen LogP contribution in [0.25, 0.3) is 11.1 Å². The van der Waals surface area contributed by atoms with Crippen molar-refractivity contribution in [1.29, 1.82) is 0 Å². The van der Waals surface area contributed by atoms with Crippen molar-refractivity contribution < 1.29 is 4.79 Å². The highest BCUT2D eigenvalue weighted by atomic mass is 16.2. The summed E-state index contributed by atoms with van der Waals surface area (Å²) in [7, 11) is 0. The van der Waals surface area contributed by atoms with Gasteiger partial charge in [0.2, 0.25) is 0 Å². The van der Waals surface area contributed by atoms with E-state index in [1.54, 1.807) is 12.4 Å². The first-order valence-corrected chi connectivity index (χ1v) is 11.0. The maximum Gasteiger partial charge on any atom is 0.253 e. The lowest BCUT2D eigenvalue weighted by molar-refractivity contribution is 0.0712. The molecule has 0 aliphatic carbocycles. The molecule has 0 saturated carbocycles. The second kappa shape index (κ2) is 8.58. The molecule has 5 heteroatoms. The van der Waals surface area contributed by atoms with Gasteiger partial charge in [-0.2, -0.15) is 0 Å². The van der Waals surface area contributed by atoms with Crippen molar-refractivity contribution in [3.8, 4) is 11.1 Å². The minimum Gasteiger partial charge on any atom is -0.339 e. The van der Waals surface area contributed by atoms with Crippen LogP contribution in [0.4, 0.5) is 0 Å². The van der Waals surface area contributed by atoms with Crippen molar-refractivity contribution in [2.75, 3.05) is 13.1 Å². The third-order valence-electron chi connectivity index (χ3n) is 6.10. The van der Waals surface area contributed by atoms with Crippen LogP contribution in [0.2, 0.25) is 0 Å². The van der Waals surface area contributed by atoms with Crippen LogP contribution in [0.15, 0.2) is 55.0 Å². The number of benzene rings is 1. The Kier molecular flexibility index (Phi) is 5.86. The molecule has 1 saturated heterocycles. The topological polar surface area (TPSA) is 59.0 Å². The van der Waals surface area contributed by atoms with Crippen LogP contribution in [-0.4, -0.2) is 38.8 Å². The molecule has 0 spiro atoms. The summed E-state index contributed by atoms with van der Waals surface area (Å²) in [5.74, 6) is 1.22. The third kappa shape index (κ3) is 4.66. The van der Waals surface area contributed by atoms with Crippen molar-refractivity contribution >= 4 is 5.91 Å². The maximum atomic E-state index is 13.0. The molecule has 1 aromatic carbocycles. The molecule has 3 aromatic rings. The Morgan fingerprint density at radius 2 is 1.65 bits per heavy atom. The standard InChI is InChI=1S/C26H30N4O/c1-18-28-17-23(19-9-13-27-14-10-19)24(29-18)20-11-15-30(16-12-20)25(31)21-5-7-22(8-6-21)26(2,3)4/h5-10,13-14,17,20H,11-12,15-16H2,1-4H3. The number of aromatic nitrogens is 3. The highest BCUT2D eigenvalue weighted by Crippen LogP contribution is 2.34. The summed E-state index contributed by atoms with van der Waals surface area (Å²) < 4.78 is 0. The lowest BCUT2D eigenvalue weighted by Crippen LogP contribution is -2.38. The van der Waals surface area contributed by atoms with Crippen molar-refractivity contribution in [2.45, 2.75) is 51.9 Å². The van der Waals surface area contributed by atoms with Crippen LogP contribution >= 0.6 is 0 Å². The molecule has 160 valence electrons. The van der Waals surface area contributed by atoms with E-state index in [1.807, 2.05) is 42.3 Å². The zero-order valence-electron chi connectivity index (χ0n) is 18.8. The first-order valence-electron chi connectivity index (χ1n) is 11.0. The fraction of sp³-hybridized carbons (Fsp3) is 0.385. The molecule has 4 rings (SSSR count).